The maximum atomic E-state index is 13.4. The number of carbonyl (C=O) groups excluding carboxylic acids is 1. The zero-order valence-corrected chi connectivity index (χ0v) is 14.6. The molecule has 128 valence electrons. The minimum absolute atomic E-state index is 0.0417. The van der Waals surface area contributed by atoms with E-state index in [4.69, 9.17) is 23.2 Å². The van der Waals surface area contributed by atoms with E-state index in [0.717, 1.165) is 0 Å². The lowest BCUT2D eigenvalue weighted by atomic mass is 10.2. The highest BCUT2D eigenvalue weighted by molar-refractivity contribution is 7.89. The lowest BCUT2D eigenvalue weighted by Gasteiger charge is -2.09. The van der Waals surface area contributed by atoms with E-state index in [1.54, 1.807) is 6.07 Å². The van der Waals surface area contributed by atoms with Crippen molar-refractivity contribution >= 4 is 39.1 Å². The second-order valence-electron chi connectivity index (χ2n) is 4.77. The van der Waals surface area contributed by atoms with Gasteiger partial charge in [-0.25, -0.2) is 17.5 Å². The first-order valence-electron chi connectivity index (χ1n) is 6.74. The Hall–Kier alpha value is -1.67. The molecule has 0 aliphatic rings. The van der Waals surface area contributed by atoms with Crippen LogP contribution < -0.4 is 10.0 Å². The van der Waals surface area contributed by atoms with E-state index in [-0.39, 0.29) is 21.5 Å². The van der Waals surface area contributed by atoms with Crippen LogP contribution in [-0.4, -0.2) is 20.9 Å². The van der Waals surface area contributed by atoms with Gasteiger partial charge in [-0.05, 0) is 24.3 Å². The fraction of sp³-hybridized carbons (Fsp3) is 0.133. The molecule has 24 heavy (non-hydrogen) atoms. The summed E-state index contributed by atoms with van der Waals surface area (Å²) in [5.74, 6) is -1.05. The highest BCUT2D eigenvalue weighted by Gasteiger charge is 2.16. The van der Waals surface area contributed by atoms with Crippen molar-refractivity contribution in [1.82, 2.24) is 10.0 Å². The first-order chi connectivity index (χ1) is 11.3. The van der Waals surface area contributed by atoms with Gasteiger partial charge in [-0.2, -0.15) is 0 Å². The summed E-state index contributed by atoms with van der Waals surface area (Å²) in [5, 5.41) is 2.74. The van der Waals surface area contributed by atoms with Crippen LogP contribution in [0, 0.1) is 5.82 Å². The zero-order valence-electron chi connectivity index (χ0n) is 12.2. The molecule has 0 unspecified atom stereocenters. The van der Waals surface area contributed by atoms with E-state index in [9.17, 15) is 17.6 Å². The molecule has 5 nitrogen and oxygen atoms in total. The molecule has 0 saturated heterocycles. The summed E-state index contributed by atoms with van der Waals surface area (Å²) in [4.78, 5) is 11.6. The van der Waals surface area contributed by atoms with Crippen molar-refractivity contribution in [3.05, 3.63) is 63.9 Å². The maximum Gasteiger partial charge on any atom is 0.241 e. The molecule has 0 aliphatic carbocycles. The molecule has 0 bridgehead atoms. The third-order valence-electron chi connectivity index (χ3n) is 3.06. The van der Waals surface area contributed by atoms with Crippen molar-refractivity contribution in [1.29, 1.82) is 0 Å². The highest BCUT2D eigenvalue weighted by atomic mass is 35.5. The van der Waals surface area contributed by atoms with Crippen LogP contribution in [-0.2, 0) is 21.4 Å². The molecule has 9 heteroatoms. The van der Waals surface area contributed by atoms with Gasteiger partial charge in [-0.1, -0.05) is 41.4 Å². The molecule has 0 heterocycles. The predicted molar refractivity (Wildman–Crippen MR) is 89.9 cm³/mol. The lowest BCUT2D eigenvalue weighted by molar-refractivity contribution is -0.120. The molecule has 2 aromatic rings. The van der Waals surface area contributed by atoms with E-state index in [2.05, 4.69) is 10.0 Å². The Bertz CT molecular complexity index is 860. The molecule has 2 N–H and O–H groups in total. The van der Waals surface area contributed by atoms with Gasteiger partial charge in [0.15, 0.2) is 0 Å². The fourth-order valence-corrected chi connectivity index (χ4v) is 3.16. The summed E-state index contributed by atoms with van der Waals surface area (Å²) in [6.07, 6.45) is 0. The van der Waals surface area contributed by atoms with E-state index >= 15 is 0 Å². The Morgan fingerprint density at radius 3 is 2.46 bits per heavy atom. The first kappa shape index (κ1) is 18.7. The molecule has 0 atom stereocenters. The Morgan fingerprint density at radius 1 is 1.08 bits per heavy atom. The molecule has 0 radical (unpaired) electrons. The molecule has 1 amide bonds. The molecular formula is C15H13Cl2FN2O3S. The lowest BCUT2D eigenvalue weighted by Crippen LogP contribution is -2.36. The summed E-state index contributed by atoms with van der Waals surface area (Å²) in [7, 11) is -3.91. The quantitative estimate of drug-likeness (QED) is 0.795. The monoisotopic (exact) mass is 390 g/mol. The van der Waals surface area contributed by atoms with Crippen molar-refractivity contribution < 1.29 is 17.6 Å². The van der Waals surface area contributed by atoms with Crippen LogP contribution in [0.25, 0.3) is 0 Å². The number of sulfonamides is 1. The smallest absolute Gasteiger partial charge is 0.241 e. The number of hydrogen-bond donors (Lipinski definition) is 2. The van der Waals surface area contributed by atoms with Crippen LogP contribution >= 0.6 is 23.2 Å². The van der Waals surface area contributed by atoms with Gasteiger partial charge in [0.25, 0.3) is 0 Å². The van der Waals surface area contributed by atoms with Crippen LogP contribution in [0.15, 0.2) is 47.4 Å². The van der Waals surface area contributed by atoms with Gasteiger partial charge < -0.3 is 5.32 Å². The fourth-order valence-electron chi connectivity index (χ4n) is 1.79. The zero-order chi connectivity index (χ0) is 17.7. The topological polar surface area (TPSA) is 75.3 Å². The van der Waals surface area contributed by atoms with E-state index in [1.165, 1.54) is 36.4 Å². The Kier molecular flexibility index (Phi) is 6.17. The molecule has 0 aromatic heterocycles. The SMILES string of the molecule is O=C(CNS(=O)(=O)c1ccc(Cl)c(Cl)c1)NCc1ccccc1F. The van der Waals surface area contributed by atoms with Gasteiger partial charge in [0.2, 0.25) is 15.9 Å². The molecule has 2 aromatic carbocycles. The average molecular weight is 391 g/mol. The van der Waals surface area contributed by atoms with E-state index < -0.39 is 28.3 Å². The number of benzene rings is 2. The number of hydrogen-bond acceptors (Lipinski definition) is 3. The molecule has 2 rings (SSSR count). The second-order valence-corrected chi connectivity index (χ2v) is 7.35. The summed E-state index contributed by atoms with van der Waals surface area (Å²) in [5.41, 5.74) is 0.304. The maximum absolute atomic E-state index is 13.4. The van der Waals surface area contributed by atoms with Crippen LogP contribution in [0.1, 0.15) is 5.56 Å². The standard InChI is InChI=1S/C15H13Cl2FN2O3S/c16-12-6-5-11(7-13(12)17)24(22,23)20-9-15(21)19-8-10-3-1-2-4-14(10)18/h1-7,20H,8-9H2,(H,19,21). The van der Waals surface area contributed by atoms with E-state index in [0.29, 0.717) is 5.56 Å². The summed E-state index contributed by atoms with van der Waals surface area (Å²) in [6, 6.07) is 9.77. The van der Waals surface area contributed by atoms with Crippen molar-refractivity contribution in [3.8, 4) is 0 Å². The van der Waals surface area contributed by atoms with Crippen LogP contribution in [0.3, 0.4) is 0 Å². The van der Waals surface area contributed by atoms with Gasteiger partial charge in [0.1, 0.15) is 5.82 Å². The van der Waals surface area contributed by atoms with Crippen molar-refractivity contribution in [2.45, 2.75) is 11.4 Å². The molecular weight excluding hydrogens is 378 g/mol. The first-order valence-corrected chi connectivity index (χ1v) is 8.98. The van der Waals surface area contributed by atoms with Gasteiger partial charge in [-0.15, -0.1) is 0 Å². The van der Waals surface area contributed by atoms with Gasteiger partial charge in [0, 0.05) is 12.1 Å². The van der Waals surface area contributed by atoms with Crippen LogP contribution in [0.4, 0.5) is 4.39 Å². The Balaban J connectivity index is 1.93. The molecule has 0 aliphatic heterocycles. The molecule has 0 fully saturated rings. The number of rotatable bonds is 6. The highest BCUT2D eigenvalue weighted by Crippen LogP contribution is 2.24. The van der Waals surface area contributed by atoms with Crippen LogP contribution in [0.5, 0.6) is 0 Å². The molecule has 0 spiro atoms. The van der Waals surface area contributed by atoms with Crippen molar-refractivity contribution in [2.24, 2.45) is 0 Å². The largest absolute Gasteiger partial charge is 0.351 e. The van der Waals surface area contributed by atoms with Gasteiger partial charge >= 0.3 is 0 Å². The Labute approximate surface area is 148 Å². The van der Waals surface area contributed by atoms with Gasteiger partial charge in [-0.3, -0.25) is 4.79 Å². The number of nitrogens with one attached hydrogen (secondary N) is 2. The number of halogens is 3. The molecule has 0 saturated carbocycles. The van der Waals surface area contributed by atoms with Crippen LogP contribution in [0.2, 0.25) is 10.0 Å². The normalized spacial score (nSPS) is 11.3. The average Bonchev–Trinajstić information content (AvgIpc) is 2.54. The predicted octanol–water partition coefficient (Wildman–Crippen LogP) is 2.73. The summed E-state index contributed by atoms with van der Waals surface area (Å²) >= 11 is 11.5. The second kappa shape index (κ2) is 7.94. The minimum atomic E-state index is -3.91. The number of carbonyl (C=O) groups is 1. The summed E-state index contributed by atoms with van der Waals surface area (Å²) < 4.78 is 39.7. The number of amides is 1. The Morgan fingerprint density at radius 2 is 1.79 bits per heavy atom. The third-order valence-corrected chi connectivity index (χ3v) is 5.20. The van der Waals surface area contributed by atoms with Crippen molar-refractivity contribution in [2.75, 3.05) is 6.54 Å². The van der Waals surface area contributed by atoms with Crippen molar-refractivity contribution in [3.63, 3.8) is 0 Å². The van der Waals surface area contributed by atoms with Gasteiger partial charge in [0.05, 0.1) is 21.5 Å². The third kappa shape index (κ3) is 4.91. The summed E-state index contributed by atoms with van der Waals surface area (Å²) in [6.45, 7) is -0.531. The minimum Gasteiger partial charge on any atom is -0.351 e. The van der Waals surface area contributed by atoms with E-state index in [1.807, 2.05) is 0 Å².